The van der Waals surface area contributed by atoms with Gasteiger partial charge in [0.15, 0.2) is 0 Å². The molecule has 0 atom stereocenters. The van der Waals surface area contributed by atoms with Crippen LogP contribution in [-0.4, -0.2) is 24.1 Å². The summed E-state index contributed by atoms with van der Waals surface area (Å²) in [7, 11) is 4.17. The van der Waals surface area contributed by atoms with Crippen LogP contribution in [0, 0.1) is 0 Å². The first-order valence-electron chi connectivity index (χ1n) is 10.1. The van der Waals surface area contributed by atoms with E-state index in [9.17, 15) is 5.11 Å². The molecule has 0 saturated carbocycles. The van der Waals surface area contributed by atoms with Crippen molar-refractivity contribution >= 4 is 10.8 Å². The third-order valence-electron chi connectivity index (χ3n) is 5.56. The van der Waals surface area contributed by atoms with Gasteiger partial charge in [-0.15, -0.1) is 0 Å². The van der Waals surface area contributed by atoms with Gasteiger partial charge in [0.1, 0.15) is 5.60 Å². The van der Waals surface area contributed by atoms with Crippen LogP contribution in [0.4, 0.5) is 0 Å². The molecule has 0 heterocycles. The summed E-state index contributed by atoms with van der Waals surface area (Å²) in [6.07, 6.45) is 0.519. The minimum Gasteiger partial charge on any atom is -0.380 e. The van der Waals surface area contributed by atoms with Gasteiger partial charge in [0.05, 0.1) is 0 Å². The fraction of sp³-hybridized carbons (Fsp3) is 0.185. The second kappa shape index (κ2) is 8.20. The number of hydrogen-bond acceptors (Lipinski definition) is 2. The van der Waals surface area contributed by atoms with Gasteiger partial charge >= 0.3 is 0 Å². The van der Waals surface area contributed by atoms with Crippen molar-refractivity contribution in [2.45, 2.75) is 18.6 Å². The van der Waals surface area contributed by atoms with Gasteiger partial charge in [-0.3, -0.25) is 0 Å². The van der Waals surface area contributed by atoms with Crippen molar-refractivity contribution in [2.75, 3.05) is 14.1 Å². The fourth-order valence-corrected chi connectivity index (χ4v) is 4.13. The van der Waals surface area contributed by atoms with Crippen LogP contribution in [0.3, 0.4) is 0 Å². The maximum absolute atomic E-state index is 12.1. The van der Waals surface area contributed by atoms with Crippen molar-refractivity contribution in [3.63, 3.8) is 0 Å². The zero-order chi connectivity index (χ0) is 20.3. The summed E-state index contributed by atoms with van der Waals surface area (Å²) >= 11 is 0. The largest absolute Gasteiger partial charge is 0.380 e. The maximum atomic E-state index is 12.1. The Bertz CT molecular complexity index is 1050. The Labute approximate surface area is 173 Å². The number of aliphatic hydroxyl groups is 1. The highest BCUT2D eigenvalue weighted by molar-refractivity contribution is 5.87. The van der Waals surface area contributed by atoms with E-state index in [1.165, 1.54) is 21.9 Å². The normalized spacial score (nSPS) is 11.9. The Morgan fingerprint density at radius 2 is 1.24 bits per heavy atom. The molecule has 4 aromatic carbocycles. The minimum atomic E-state index is -1.10. The van der Waals surface area contributed by atoms with Gasteiger partial charge in [-0.05, 0) is 47.1 Å². The third-order valence-corrected chi connectivity index (χ3v) is 5.56. The molecule has 29 heavy (non-hydrogen) atoms. The van der Waals surface area contributed by atoms with Crippen molar-refractivity contribution in [3.8, 4) is 0 Å². The van der Waals surface area contributed by atoms with Crippen LogP contribution < -0.4 is 0 Å². The van der Waals surface area contributed by atoms with Gasteiger partial charge in [0, 0.05) is 13.0 Å². The predicted molar refractivity (Wildman–Crippen MR) is 121 cm³/mol. The molecule has 0 spiro atoms. The lowest BCUT2D eigenvalue weighted by Crippen LogP contribution is -2.31. The van der Waals surface area contributed by atoms with Crippen LogP contribution in [0.2, 0.25) is 0 Å². The summed E-state index contributed by atoms with van der Waals surface area (Å²) in [5.74, 6) is 0. The molecule has 2 heteroatoms. The van der Waals surface area contributed by atoms with Crippen molar-refractivity contribution in [1.82, 2.24) is 4.90 Å². The van der Waals surface area contributed by atoms with E-state index in [2.05, 4.69) is 55.4 Å². The second-order valence-corrected chi connectivity index (χ2v) is 7.93. The molecule has 1 N–H and O–H groups in total. The van der Waals surface area contributed by atoms with E-state index >= 15 is 0 Å². The molecular weight excluding hydrogens is 354 g/mol. The first-order valence-corrected chi connectivity index (χ1v) is 10.1. The van der Waals surface area contributed by atoms with Crippen molar-refractivity contribution in [2.24, 2.45) is 0 Å². The molecule has 4 rings (SSSR count). The van der Waals surface area contributed by atoms with Crippen LogP contribution in [0.15, 0.2) is 97.1 Å². The highest BCUT2D eigenvalue weighted by atomic mass is 16.3. The molecule has 0 aliphatic heterocycles. The summed E-state index contributed by atoms with van der Waals surface area (Å²) in [6.45, 7) is 0.833. The van der Waals surface area contributed by atoms with Gasteiger partial charge in [-0.25, -0.2) is 0 Å². The topological polar surface area (TPSA) is 23.5 Å². The van der Waals surface area contributed by atoms with E-state index in [0.717, 1.165) is 17.7 Å². The Hall–Kier alpha value is -2.94. The molecule has 0 radical (unpaired) electrons. The fourth-order valence-electron chi connectivity index (χ4n) is 4.13. The zero-order valence-corrected chi connectivity index (χ0v) is 17.0. The van der Waals surface area contributed by atoms with Crippen molar-refractivity contribution in [1.29, 1.82) is 0 Å². The van der Waals surface area contributed by atoms with Crippen LogP contribution >= 0.6 is 0 Å². The van der Waals surface area contributed by atoms with Crippen LogP contribution in [-0.2, 0) is 18.6 Å². The summed E-state index contributed by atoms with van der Waals surface area (Å²) in [5, 5.41) is 14.5. The van der Waals surface area contributed by atoms with E-state index in [-0.39, 0.29) is 0 Å². The Morgan fingerprint density at radius 1 is 0.690 bits per heavy atom. The minimum absolute atomic E-state index is 0.519. The second-order valence-electron chi connectivity index (χ2n) is 7.93. The van der Waals surface area contributed by atoms with Gasteiger partial charge in [-0.1, -0.05) is 97.1 Å². The maximum Gasteiger partial charge on any atom is 0.119 e. The number of fused-ring (bicyclic) bond motifs is 1. The Morgan fingerprint density at radius 3 is 1.83 bits per heavy atom. The lowest BCUT2D eigenvalue weighted by molar-refractivity contribution is 0.0811. The van der Waals surface area contributed by atoms with Crippen molar-refractivity contribution < 1.29 is 5.11 Å². The van der Waals surface area contributed by atoms with Gasteiger partial charge in [0.2, 0.25) is 0 Å². The van der Waals surface area contributed by atoms with E-state index in [4.69, 9.17) is 0 Å². The smallest absolute Gasteiger partial charge is 0.119 e. The molecule has 0 aliphatic rings. The molecule has 146 valence electrons. The number of benzene rings is 4. The average Bonchev–Trinajstić information content (AvgIpc) is 2.76. The molecule has 2 nitrogen and oxygen atoms in total. The third kappa shape index (κ3) is 3.95. The summed E-state index contributed by atoms with van der Waals surface area (Å²) < 4.78 is 0. The lowest BCUT2D eigenvalue weighted by atomic mass is 9.79. The summed E-state index contributed by atoms with van der Waals surface area (Å²) in [5.41, 5.74) is 3.17. The monoisotopic (exact) mass is 381 g/mol. The summed E-state index contributed by atoms with van der Waals surface area (Å²) in [4.78, 5) is 2.18. The average molecular weight is 382 g/mol. The first kappa shape index (κ1) is 19.4. The molecule has 0 aromatic heterocycles. The quantitative estimate of drug-likeness (QED) is 0.485. The molecule has 0 amide bonds. The molecular formula is C27H27NO. The molecule has 0 unspecified atom stereocenters. The van der Waals surface area contributed by atoms with Gasteiger partial charge in [0.25, 0.3) is 0 Å². The predicted octanol–water partition coefficient (Wildman–Crippen LogP) is 5.38. The van der Waals surface area contributed by atoms with Crippen LogP contribution in [0.1, 0.15) is 22.3 Å². The standard InChI is InChI=1S/C27H27NO/c1-28(2)20-22-18-17-21-11-9-10-16-25(21)26(22)19-27(29,23-12-5-3-6-13-23)24-14-7-4-8-15-24/h3-18,29H,19-20H2,1-2H3. The molecule has 0 saturated heterocycles. The first-order chi connectivity index (χ1) is 14.1. The number of hydrogen-bond donors (Lipinski definition) is 1. The number of rotatable bonds is 6. The molecule has 0 aliphatic carbocycles. The molecule has 0 fully saturated rings. The van der Waals surface area contributed by atoms with E-state index in [1.54, 1.807) is 0 Å². The van der Waals surface area contributed by atoms with E-state index in [1.807, 2.05) is 60.7 Å². The molecule has 4 aromatic rings. The zero-order valence-electron chi connectivity index (χ0n) is 17.0. The highest BCUT2D eigenvalue weighted by Gasteiger charge is 2.33. The summed E-state index contributed by atoms with van der Waals surface area (Å²) in [6, 6.07) is 32.9. The molecule has 0 bridgehead atoms. The van der Waals surface area contributed by atoms with E-state index < -0.39 is 5.60 Å². The van der Waals surface area contributed by atoms with Crippen LogP contribution in [0.5, 0.6) is 0 Å². The van der Waals surface area contributed by atoms with Crippen molar-refractivity contribution in [3.05, 3.63) is 119 Å². The SMILES string of the molecule is CN(C)Cc1ccc2ccccc2c1CC(O)(c1ccccc1)c1ccccc1. The number of nitrogens with zero attached hydrogens (tertiary/aromatic N) is 1. The van der Waals surface area contributed by atoms with Gasteiger partial charge in [-0.2, -0.15) is 0 Å². The Kier molecular flexibility index (Phi) is 5.48. The highest BCUT2D eigenvalue weighted by Crippen LogP contribution is 2.36. The van der Waals surface area contributed by atoms with E-state index in [0.29, 0.717) is 6.42 Å². The lowest BCUT2D eigenvalue weighted by Gasteiger charge is -2.31. The van der Waals surface area contributed by atoms with Gasteiger partial charge < -0.3 is 10.0 Å². The van der Waals surface area contributed by atoms with Crippen LogP contribution in [0.25, 0.3) is 10.8 Å². The Balaban J connectivity index is 1.92.